The Bertz CT molecular complexity index is 806. The third-order valence-electron chi connectivity index (χ3n) is 5.94. The van der Waals surface area contributed by atoms with Crippen molar-refractivity contribution in [1.29, 1.82) is 0 Å². The summed E-state index contributed by atoms with van der Waals surface area (Å²) in [5, 5.41) is 9.84. The molecule has 0 spiro atoms. The molecule has 0 bridgehead atoms. The van der Waals surface area contributed by atoms with Crippen molar-refractivity contribution in [1.82, 2.24) is 14.8 Å². The second-order valence-corrected chi connectivity index (χ2v) is 9.02. The van der Waals surface area contributed by atoms with E-state index in [0.29, 0.717) is 17.7 Å². The van der Waals surface area contributed by atoms with Gasteiger partial charge in [0, 0.05) is 24.7 Å². The van der Waals surface area contributed by atoms with Crippen LogP contribution in [0.2, 0.25) is 0 Å². The summed E-state index contributed by atoms with van der Waals surface area (Å²) in [4.78, 5) is 15.1. The second-order valence-electron chi connectivity index (χ2n) is 8.07. The summed E-state index contributed by atoms with van der Waals surface area (Å²) in [6.45, 7) is 6.54. The van der Waals surface area contributed by atoms with Crippen molar-refractivity contribution in [3.8, 4) is 0 Å². The fourth-order valence-corrected chi connectivity index (χ4v) is 4.67. The Morgan fingerprint density at radius 3 is 2.50 bits per heavy atom. The lowest BCUT2D eigenvalue weighted by molar-refractivity contribution is 0.102. The first-order chi connectivity index (χ1) is 13.7. The Morgan fingerprint density at radius 1 is 1.14 bits per heavy atom. The smallest absolute Gasteiger partial charge is 0.228 e. The number of aromatic nitrogens is 3. The van der Waals surface area contributed by atoms with E-state index >= 15 is 0 Å². The van der Waals surface area contributed by atoms with Gasteiger partial charge in [-0.15, -0.1) is 10.2 Å². The van der Waals surface area contributed by atoms with Crippen LogP contribution in [0.4, 0.5) is 5.95 Å². The molecule has 28 heavy (non-hydrogen) atoms. The molecule has 1 aromatic carbocycles. The Hall–Kier alpha value is -1.82. The Morgan fingerprint density at radius 2 is 1.86 bits per heavy atom. The van der Waals surface area contributed by atoms with Crippen molar-refractivity contribution in [2.45, 2.75) is 69.5 Å². The van der Waals surface area contributed by atoms with Crippen LogP contribution in [0.15, 0.2) is 29.4 Å². The van der Waals surface area contributed by atoms with Crippen LogP contribution >= 0.6 is 11.8 Å². The topological polar surface area (TPSA) is 51.0 Å². The number of carbonyl (C=O) groups excluding carboxylic acids is 1. The second kappa shape index (κ2) is 8.68. The van der Waals surface area contributed by atoms with E-state index in [4.69, 9.17) is 0 Å². The van der Waals surface area contributed by atoms with Gasteiger partial charge in [-0.05, 0) is 50.0 Å². The van der Waals surface area contributed by atoms with Crippen LogP contribution in [0, 0.1) is 0 Å². The standard InChI is InChI=1S/C22H30N4OS/c1-3-16(2)17-7-9-18(10-8-17)20(27)15-28-22-24-23-21(26(22)19-11-12-19)25-13-5-4-6-14-25/h7-10,16,19H,3-6,11-15H2,1-2H3. The molecule has 2 aliphatic rings. The molecule has 0 N–H and O–H groups in total. The van der Waals surface area contributed by atoms with E-state index in [9.17, 15) is 4.79 Å². The molecule has 0 radical (unpaired) electrons. The van der Waals surface area contributed by atoms with Gasteiger partial charge in [0.05, 0.1) is 5.75 Å². The highest BCUT2D eigenvalue weighted by Gasteiger charge is 2.32. The molecule has 1 unspecified atom stereocenters. The van der Waals surface area contributed by atoms with E-state index in [-0.39, 0.29) is 5.78 Å². The maximum absolute atomic E-state index is 12.7. The van der Waals surface area contributed by atoms with Gasteiger partial charge in [-0.25, -0.2) is 0 Å². The number of anilines is 1. The Kier molecular flexibility index (Phi) is 6.04. The summed E-state index contributed by atoms with van der Waals surface area (Å²) >= 11 is 1.53. The van der Waals surface area contributed by atoms with Gasteiger partial charge in [0.15, 0.2) is 10.9 Å². The number of carbonyl (C=O) groups is 1. The number of hydrogen-bond acceptors (Lipinski definition) is 5. The van der Waals surface area contributed by atoms with Crippen molar-refractivity contribution >= 4 is 23.5 Å². The summed E-state index contributed by atoms with van der Waals surface area (Å²) in [6, 6.07) is 8.63. The predicted octanol–water partition coefficient (Wildman–Crippen LogP) is 5.09. The molecule has 2 heterocycles. The van der Waals surface area contributed by atoms with Gasteiger partial charge in [-0.1, -0.05) is 49.9 Å². The number of Topliss-reactive ketones (excluding diaryl/α,β-unsaturated/α-hetero) is 1. The molecule has 1 aliphatic carbocycles. The average Bonchev–Trinajstić information content (AvgIpc) is 3.51. The molecule has 5 nitrogen and oxygen atoms in total. The van der Waals surface area contributed by atoms with Crippen LogP contribution in [-0.2, 0) is 0 Å². The van der Waals surface area contributed by atoms with Crippen molar-refractivity contribution < 1.29 is 4.79 Å². The SMILES string of the molecule is CCC(C)c1ccc(C(=O)CSc2nnc(N3CCCCC3)n2C2CC2)cc1. The monoisotopic (exact) mass is 398 g/mol. The van der Waals surface area contributed by atoms with Gasteiger partial charge in [-0.3, -0.25) is 9.36 Å². The summed E-state index contributed by atoms with van der Waals surface area (Å²) in [7, 11) is 0. The first-order valence-corrected chi connectivity index (χ1v) is 11.6. The Balaban J connectivity index is 1.43. The zero-order valence-electron chi connectivity index (χ0n) is 16.9. The Labute approximate surface area is 171 Å². The minimum atomic E-state index is 0.158. The highest BCUT2D eigenvalue weighted by atomic mass is 32.2. The molecule has 2 aromatic rings. The molecule has 1 aliphatic heterocycles. The summed E-state index contributed by atoms with van der Waals surface area (Å²) < 4.78 is 2.29. The largest absolute Gasteiger partial charge is 0.341 e. The van der Waals surface area contributed by atoms with Crippen LogP contribution in [-0.4, -0.2) is 39.4 Å². The molecule has 150 valence electrons. The number of rotatable bonds is 8. The lowest BCUT2D eigenvalue weighted by Crippen LogP contribution is -2.31. The minimum absolute atomic E-state index is 0.158. The van der Waals surface area contributed by atoms with Gasteiger partial charge >= 0.3 is 0 Å². The average molecular weight is 399 g/mol. The van der Waals surface area contributed by atoms with Crippen LogP contribution < -0.4 is 4.90 Å². The van der Waals surface area contributed by atoms with Crippen LogP contribution in [0.25, 0.3) is 0 Å². The quantitative estimate of drug-likeness (QED) is 0.458. The molecular formula is C22H30N4OS. The zero-order valence-corrected chi connectivity index (χ0v) is 17.7. The number of nitrogens with zero attached hydrogens (tertiary/aromatic N) is 4. The third kappa shape index (κ3) is 4.27. The minimum Gasteiger partial charge on any atom is -0.341 e. The maximum atomic E-state index is 12.7. The molecule has 1 atom stereocenters. The van der Waals surface area contributed by atoms with Gasteiger partial charge in [0.2, 0.25) is 5.95 Å². The van der Waals surface area contributed by atoms with E-state index in [1.807, 2.05) is 12.1 Å². The highest BCUT2D eigenvalue weighted by molar-refractivity contribution is 7.99. The number of ketones is 1. The van der Waals surface area contributed by atoms with E-state index in [1.54, 1.807) is 0 Å². The molecule has 0 amide bonds. The number of benzene rings is 1. The van der Waals surface area contributed by atoms with Gasteiger partial charge < -0.3 is 4.90 Å². The lowest BCUT2D eigenvalue weighted by atomic mass is 9.97. The molecular weight excluding hydrogens is 368 g/mol. The van der Waals surface area contributed by atoms with E-state index in [0.717, 1.165) is 36.2 Å². The van der Waals surface area contributed by atoms with Gasteiger partial charge in [0.25, 0.3) is 0 Å². The highest BCUT2D eigenvalue weighted by Crippen LogP contribution is 2.41. The first kappa shape index (κ1) is 19.5. The van der Waals surface area contributed by atoms with Crippen molar-refractivity contribution in [3.63, 3.8) is 0 Å². The van der Waals surface area contributed by atoms with Crippen molar-refractivity contribution in [2.75, 3.05) is 23.7 Å². The van der Waals surface area contributed by atoms with Crippen LogP contribution in [0.5, 0.6) is 0 Å². The fourth-order valence-electron chi connectivity index (χ4n) is 3.78. The predicted molar refractivity (Wildman–Crippen MR) is 115 cm³/mol. The first-order valence-electron chi connectivity index (χ1n) is 10.6. The molecule has 2 fully saturated rings. The van der Waals surface area contributed by atoms with Crippen molar-refractivity contribution in [2.24, 2.45) is 0 Å². The van der Waals surface area contributed by atoms with E-state index in [1.165, 1.54) is 49.4 Å². The number of piperidine rings is 1. The van der Waals surface area contributed by atoms with Crippen molar-refractivity contribution in [3.05, 3.63) is 35.4 Å². The summed E-state index contributed by atoms with van der Waals surface area (Å²) in [6.07, 6.45) is 7.25. The van der Waals surface area contributed by atoms with E-state index in [2.05, 4.69) is 45.6 Å². The molecule has 4 rings (SSSR count). The molecule has 6 heteroatoms. The summed E-state index contributed by atoms with van der Waals surface area (Å²) in [5.41, 5.74) is 2.08. The van der Waals surface area contributed by atoms with Crippen LogP contribution in [0.1, 0.15) is 80.3 Å². The molecule has 1 aromatic heterocycles. The van der Waals surface area contributed by atoms with Gasteiger partial charge in [-0.2, -0.15) is 0 Å². The summed E-state index contributed by atoms with van der Waals surface area (Å²) in [5.74, 6) is 2.11. The van der Waals surface area contributed by atoms with Gasteiger partial charge in [0.1, 0.15) is 0 Å². The number of hydrogen-bond donors (Lipinski definition) is 0. The third-order valence-corrected chi connectivity index (χ3v) is 6.89. The fraction of sp³-hybridized carbons (Fsp3) is 0.591. The molecule has 1 saturated carbocycles. The number of thioether (sulfide) groups is 1. The maximum Gasteiger partial charge on any atom is 0.228 e. The van der Waals surface area contributed by atoms with Crippen LogP contribution in [0.3, 0.4) is 0 Å². The lowest BCUT2D eigenvalue weighted by Gasteiger charge is -2.27. The zero-order chi connectivity index (χ0) is 19.5. The molecule has 1 saturated heterocycles. The normalized spacial score (nSPS) is 18.3. The van der Waals surface area contributed by atoms with E-state index < -0.39 is 0 Å².